The molecular formula is C18H22N2O. The highest BCUT2D eigenvalue weighted by Gasteiger charge is 2.01. The summed E-state index contributed by atoms with van der Waals surface area (Å²) in [6, 6.07) is 14.1. The van der Waals surface area contributed by atoms with Gasteiger partial charge in [0.05, 0.1) is 0 Å². The zero-order valence-electron chi connectivity index (χ0n) is 12.9. The van der Waals surface area contributed by atoms with Crippen LogP contribution in [0.15, 0.2) is 42.5 Å². The molecule has 21 heavy (non-hydrogen) atoms. The molecule has 0 atom stereocenters. The molecular weight excluding hydrogens is 260 g/mol. The summed E-state index contributed by atoms with van der Waals surface area (Å²) in [6.07, 6.45) is 1.42. The Morgan fingerprint density at radius 1 is 0.905 bits per heavy atom. The minimum atomic E-state index is 0.0624. The molecule has 0 fully saturated rings. The lowest BCUT2D eigenvalue weighted by molar-refractivity contribution is -0.116. The highest BCUT2D eigenvalue weighted by atomic mass is 16.1. The lowest BCUT2D eigenvalue weighted by atomic mass is 10.1. The van der Waals surface area contributed by atoms with E-state index in [0.717, 1.165) is 23.5 Å². The van der Waals surface area contributed by atoms with Gasteiger partial charge in [-0.1, -0.05) is 13.0 Å². The van der Waals surface area contributed by atoms with Crippen molar-refractivity contribution in [2.75, 3.05) is 10.6 Å². The van der Waals surface area contributed by atoms with E-state index in [1.807, 2.05) is 31.2 Å². The van der Waals surface area contributed by atoms with Crippen molar-refractivity contribution in [2.45, 2.75) is 33.6 Å². The van der Waals surface area contributed by atoms with Crippen molar-refractivity contribution in [1.82, 2.24) is 0 Å². The molecule has 0 aromatic heterocycles. The molecule has 3 heteroatoms. The number of hydrogen-bond donors (Lipinski definition) is 2. The van der Waals surface area contributed by atoms with Gasteiger partial charge in [0.2, 0.25) is 5.91 Å². The minimum absolute atomic E-state index is 0.0624. The third-order valence-electron chi connectivity index (χ3n) is 3.44. The molecule has 0 aliphatic rings. The molecule has 3 nitrogen and oxygen atoms in total. The summed E-state index contributed by atoms with van der Waals surface area (Å²) in [5.41, 5.74) is 5.46. The molecule has 0 spiro atoms. The van der Waals surface area contributed by atoms with Crippen LogP contribution in [0.25, 0.3) is 0 Å². The first kappa shape index (κ1) is 15.1. The highest BCUT2D eigenvalue weighted by molar-refractivity contribution is 5.90. The number of carbonyl (C=O) groups is 1. The van der Waals surface area contributed by atoms with E-state index in [1.54, 1.807) is 0 Å². The number of anilines is 3. The zero-order valence-corrected chi connectivity index (χ0v) is 12.9. The maximum absolute atomic E-state index is 11.5. The fraction of sp³-hybridized carbons (Fsp3) is 0.278. The van der Waals surface area contributed by atoms with Crippen LogP contribution in [0, 0.1) is 13.8 Å². The fourth-order valence-electron chi connectivity index (χ4n) is 2.07. The lowest BCUT2D eigenvalue weighted by Crippen LogP contribution is -2.10. The van der Waals surface area contributed by atoms with Crippen LogP contribution in [0.3, 0.4) is 0 Å². The van der Waals surface area contributed by atoms with Crippen LogP contribution in [-0.4, -0.2) is 5.91 Å². The van der Waals surface area contributed by atoms with Crippen LogP contribution in [-0.2, 0) is 4.79 Å². The summed E-state index contributed by atoms with van der Waals surface area (Å²) >= 11 is 0. The summed E-state index contributed by atoms with van der Waals surface area (Å²) in [5, 5.41) is 6.25. The number of aryl methyl sites for hydroxylation is 2. The molecule has 2 aromatic carbocycles. The van der Waals surface area contributed by atoms with Gasteiger partial charge in [-0.2, -0.15) is 0 Å². The Kier molecular flexibility index (Phi) is 4.99. The van der Waals surface area contributed by atoms with E-state index in [4.69, 9.17) is 0 Å². The minimum Gasteiger partial charge on any atom is -0.356 e. The summed E-state index contributed by atoms with van der Waals surface area (Å²) in [5.74, 6) is 0.0624. The van der Waals surface area contributed by atoms with Crippen molar-refractivity contribution in [3.05, 3.63) is 53.6 Å². The van der Waals surface area contributed by atoms with Crippen molar-refractivity contribution in [1.29, 1.82) is 0 Å². The molecule has 0 bridgehead atoms. The van der Waals surface area contributed by atoms with E-state index in [2.05, 4.69) is 42.7 Å². The van der Waals surface area contributed by atoms with E-state index in [1.165, 1.54) is 11.1 Å². The Labute approximate surface area is 126 Å². The van der Waals surface area contributed by atoms with Gasteiger partial charge in [0.1, 0.15) is 0 Å². The van der Waals surface area contributed by atoms with Crippen LogP contribution >= 0.6 is 0 Å². The average molecular weight is 282 g/mol. The number of hydrogen-bond acceptors (Lipinski definition) is 2. The second kappa shape index (κ2) is 6.93. The predicted molar refractivity (Wildman–Crippen MR) is 89.2 cm³/mol. The Balaban J connectivity index is 2.01. The third kappa shape index (κ3) is 4.35. The monoisotopic (exact) mass is 282 g/mol. The predicted octanol–water partition coefficient (Wildman–Crippen LogP) is 4.79. The summed E-state index contributed by atoms with van der Waals surface area (Å²) in [7, 11) is 0. The van der Waals surface area contributed by atoms with Crippen LogP contribution in [0.4, 0.5) is 17.1 Å². The van der Waals surface area contributed by atoms with Gasteiger partial charge in [-0.05, 0) is 67.8 Å². The molecule has 0 radical (unpaired) electrons. The van der Waals surface area contributed by atoms with Crippen LogP contribution in [0.2, 0.25) is 0 Å². The normalized spacial score (nSPS) is 10.2. The first-order chi connectivity index (χ1) is 10.1. The molecule has 2 rings (SSSR count). The molecule has 0 heterocycles. The van der Waals surface area contributed by atoms with Gasteiger partial charge in [-0.15, -0.1) is 0 Å². The van der Waals surface area contributed by atoms with E-state index >= 15 is 0 Å². The highest BCUT2D eigenvalue weighted by Crippen LogP contribution is 2.21. The fourth-order valence-corrected chi connectivity index (χ4v) is 2.07. The first-order valence-corrected chi connectivity index (χ1v) is 7.32. The van der Waals surface area contributed by atoms with Crippen molar-refractivity contribution in [3.8, 4) is 0 Å². The summed E-state index contributed by atoms with van der Waals surface area (Å²) in [6.45, 7) is 6.20. The van der Waals surface area contributed by atoms with E-state index in [9.17, 15) is 4.79 Å². The van der Waals surface area contributed by atoms with E-state index < -0.39 is 0 Å². The van der Waals surface area contributed by atoms with Crippen molar-refractivity contribution in [2.24, 2.45) is 0 Å². The van der Waals surface area contributed by atoms with Gasteiger partial charge in [0.25, 0.3) is 0 Å². The molecule has 0 saturated carbocycles. The maximum atomic E-state index is 11.5. The Morgan fingerprint density at radius 2 is 1.52 bits per heavy atom. The smallest absolute Gasteiger partial charge is 0.224 e. The van der Waals surface area contributed by atoms with Gasteiger partial charge < -0.3 is 10.6 Å². The second-order valence-corrected chi connectivity index (χ2v) is 5.30. The van der Waals surface area contributed by atoms with Gasteiger partial charge >= 0.3 is 0 Å². The molecule has 1 amide bonds. The first-order valence-electron chi connectivity index (χ1n) is 7.32. The lowest BCUT2D eigenvalue weighted by Gasteiger charge is -2.10. The molecule has 2 aromatic rings. The molecule has 0 aliphatic heterocycles. The van der Waals surface area contributed by atoms with Gasteiger partial charge in [-0.25, -0.2) is 0 Å². The van der Waals surface area contributed by atoms with Gasteiger partial charge in [0.15, 0.2) is 0 Å². The van der Waals surface area contributed by atoms with E-state index in [-0.39, 0.29) is 5.91 Å². The molecule has 2 N–H and O–H groups in total. The molecule has 0 saturated heterocycles. The Hall–Kier alpha value is -2.29. The number of nitrogens with one attached hydrogen (secondary N) is 2. The standard InChI is InChI=1S/C18H22N2O/c1-4-5-18(21)20-16-10-8-15(9-11-16)19-17-7-6-13(2)14(3)12-17/h6-12,19H,4-5H2,1-3H3,(H,20,21). The Morgan fingerprint density at radius 3 is 2.14 bits per heavy atom. The molecule has 0 unspecified atom stereocenters. The van der Waals surface area contributed by atoms with Gasteiger partial charge in [-0.3, -0.25) is 4.79 Å². The van der Waals surface area contributed by atoms with Gasteiger partial charge in [0, 0.05) is 23.5 Å². The van der Waals surface area contributed by atoms with Crippen molar-refractivity contribution < 1.29 is 4.79 Å². The quantitative estimate of drug-likeness (QED) is 0.828. The summed E-state index contributed by atoms with van der Waals surface area (Å²) in [4.78, 5) is 11.5. The SMILES string of the molecule is CCCC(=O)Nc1ccc(Nc2ccc(C)c(C)c2)cc1. The van der Waals surface area contributed by atoms with Crippen LogP contribution < -0.4 is 10.6 Å². The second-order valence-electron chi connectivity index (χ2n) is 5.30. The average Bonchev–Trinajstić information content (AvgIpc) is 2.45. The van der Waals surface area contributed by atoms with Crippen molar-refractivity contribution in [3.63, 3.8) is 0 Å². The number of amides is 1. The van der Waals surface area contributed by atoms with Crippen LogP contribution in [0.5, 0.6) is 0 Å². The topological polar surface area (TPSA) is 41.1 Å². The summed E-state index contributed by atoms with van der Waals surface area (Å²) < 4.78 is 0. The molecule has 0 aliphatic carbocycles. The largest absolute Gasteiger partial charge is 0.356 e. The van der Waals surface area contributed by atoms with Crippen LogP contribution in [0.1, 0.15) is 30.9 Å². The Bertz CT molecular complexity index is 618. The number of carbonyl (C=O) groups excluding carboxylic acids is 1. The zero-order chi connectivity index (χ0) is 15.2. The van der Waals surface area contributed by atoms with E-state index in [0.29, 0.717) is 6.42 Å². The molecule has 110 valence electrons. The maximum Gasteiger partial charge on any atom is 0.224 e. The third-order valence-corrected chi connectivity index (χ3v) is 3.44. The number of rotatable bonds is 5. The number of benzene rings is 2. The van der Waals surface area contributed by atoms with Crippen molar-refractivity contribution >= 4 is 23.0 Å².